The second-order valence-electron chi connectivity index (χ2n) is 2.29. The van der Waals surface area contributed by atoms with Crippen LogP contribution in [0.4, 0.5) is 0 Å². The molecule has 2 aromatic rings. The van der Waals surface area contributed by atoms with E-state index in [0.29, 0.717) is 0 Å². The lowest BCUT2D eigenvalue weighted by Gasteiger charge is -1.96. The fourth-order valence-corrected chi connectivity index (χ4v) is 1.20. The Morgan fingerprint density at radius 2 is 2.15 bits per heavy atom. The Morgan fingerprint density at radius 3 is 2.69 bits per heavy atom. The Labute approximate surface area is 94.7 Å². The molecule has 0 saturated heterocycles. The van der Waals surface area contributed by atoms with Gasteiger partial charge in [0.05, 0.1) is 10.7 Å². The first-order valence-electron chi connectivity index (χ1n) is 3.48. The molecule has 0 atom stereocenters. The topological polar surface area (TPSA) is 30.7 Å². The lowest BCUT2D eigenvalue weighted by molar-refractivity contribution is 0.847. The highest BCUT2D eigenvalue weighted by Crippen LogP contribution is 2.09. The standard InChI is InChI=1S/C8H6BrN3.BrH/c9-7-5-11-12(6-7)8-3-1-2-4-10-8;/h1-6H;1H. The van der Waals surface area contributed by atoms with E-state index in [0.717, 1.165) is 10.3 Å². The summed E-state index contributed by atoms with van der Waals surface area (Å²) in [5, 5.41) is 4.09. The van der Waals surface area contributed by atoms with Crippen LogP contribution in [0.1, 0.15) is 0 Å². The van der Waals surface area contributed by atoms with Crippen LogP contribution >= 0.6 is 32.9 Å². The highest BCUT2D eigenvalue weighted by Gasteiger charge is 1.97. The first-order valence-corrected chi connectivity index (χ1v) is 4.27. The molecular formula is C8H7Br2N3. The third-order valence-electron chi connectivity index (χ3n) is 1.44. The van der Waals surface area contributed by atoms with Gasteiger partial charge in [-0.25, -0.2) is 9.67 Å². The van der Waals surface area contributed by atoms with E-state index >= 15 is 0 Å². The van der Waals surface area contributed by atoms with Gasteiger partial charge in [-0.1, -0.05) is 6.07 Å². The third kappa shape index (κ3) is 2.38. The van der Waals surface area contributed by atoms with Gasteiger partial charge >= 0.3 is 0 Å². The Kier molecular flexibility index (Phi) is 3.62. The van der Waals surface area contributed by atoms with Crippen molar-refractivity contribution in [3.05, 3.63) is 41.3 Å². The zero-order chi connectivity index (χ0) is 8.39. The molecule has 0 unspecified atom stereocenters. The van der Waals surface area contributed by atoms with Crippen molar-refractivity contribution < 1.29 is 0 Å². The Morgan fingerprint density at radius 1 is 1.31 bits per heavy atom. The molecular weight excluding hydrogens is 298 g/mol. The summed E-state index contributed by atoms with van der Waals surface area (Å²) in [6.07, 6.45) is 5.34. The van der Waals surface area contributed by atoms with Crippen molar-refractivity contribution in [3.63, 3.8) is 0 Å². The molecule has 2 rings (SSSR count). The van der Waals surface area contributed by atoms with Crippen molar-refractivity contribution in [2.45, 2.75) is 0 Å². The lowest BCUT2D eigenvalue weighted by atomic mass is 10.5. The van der Waals surface area contributed by atoms with Crippen LogP contribution in [0.3, 0.4) is 0 Å². The molecule has 0 bridgehead atoms. The molecule has 0 aliphatic rings. The van der Waals surface area contributed by atoms with Gasteiger partial charge in [-0.2, -0.15) is 5.10 Å². The summed E-state index contributed by atoms with van der Waals surface area (Å²) >= 11 is 3.32. The molecule has 5 heteroatoms. The minimum Gasteiger partial charge on any atom is -0.237 e. The van der Waals surface area contributed by atoms with Gasteiger partial charge in [0, 0.05) is 12.4 Å². The predicted octanol–water partition coefficient (Wildman–Crippen LogP) is 2.61. The van der Waals surface area contributed by atoms with Crippen molar-refractivity contribution in [1.29, 1.82) is 0 Å². The summed E-state index contributed by atoms with van der Waals surface area (Å²) in [6, 6.07) is 5.71. The Hall–Kier alpha value is -0.680. The predicted molar refractivity (Wildman–Crippen MR) is 59.4 cm³/mol. The van der Waals surface area contributed by atoms with E-state index in [1.165, 1.54) is 0 Å². The molecule has 0 amide bonds. The molecule has 0 spiro atoms. The molecule has 0 radical (unpaired) electrons. The number of nitrogens with zero attached hydrogens (tertiary/aromatic N) is 3. The van der Waals surface area contributed by atoms with E-state index in [1.54, 1.807) is 17.1 Å². The SMILES string of the molecule is Br.Brc1cnn(-c2ccccn2)c1. The minimum absolute atomic E-state index is 0. The number of pyridine rings is 1. The number of halogens is 2. The number of hydrogen-bond donors (Lipinski definition) is 0. The highest BCUT2D eigenvalue weighted by molar-refractivity contribution is 9.10. The fourth-order valence-electron chi connectivity index (χ4n) is 0.915. The molecule has 0 fully saturated rings. The molecule has 0 aliphatic heterocycles. The summed E-state index contributed by atoms with van der Waals surface area (Å²) in [6.45, 7) is 0. The summed E-state index contributed by atoms with van der Waals surface area (Å²) in [7, 11) is 0. The van der Waals surface area contributed by atoms with Crippen molar-refractivity contribution in [2.24, 2.45) is 0 Å². The van der Waals surface area contributed by atoms with E-state index in [1.807, 2.05) is 24.4 Å². The second-order valence-corrected chi connectivity index (χ2v) is 3.21. The molecule has 13 heavy (non-hydrogen) atoms. The molecule has 2 aromatic heterocycles. The average Bonchev–Trinajstić information content (AvgIpc) is 2.54. The first-order chi connectivity index (χ1) is 5.86. The molecule has 0 aromatic carbocycles. The maximum absolute atomic E-state index is 4.14. The van der Waals surface area contributed by atoms with Gasteiger partial charge in [-0.3, -0.25) is 0 Å². The average molecular weight is 305 g/mol. The molecule has 2 heterocycles. The van der Waals surface area contributed by atoms with Crippen molar-refractivity contribution in [3.8, 4) is 5.82 Å². The van der Waals surface area contributed by atoms with Gasteiger partial charge in [-0.15, -0.1) is 17.0 Å². The zero-order valence-corrected chi connectivity index (χ0v) is 9.89. The molecule has 0 saturated carbocycles. The molecule has 0 aliphatic carbocycles. The number of aromatic nitrogens is 3. The summed E-state index contributed by atoms with van der Waals surface area (Å²) in [5.74, 6) is 0.822. The zero-order valence-electron chi connectivity index (χ0n) is 6.59. The molecule has 0 N–H and O–H groups in total. The molecule has 3 nitrogen and oxygen atoms in total. The normalized spacial score (nSPS) is 9.31. The first kappa shape index (κ1) is 10.4. The quantitative estimate of drug-likeness (QED) is 0.811. The van der Waals surface area contributed by atoms with Crippen LogP contribution in [0.25, 0.3) is 5.82 Å². The van der Waals surface area contributed by atoms with Crippen LogP contribution in [0.15, 0.2) is 41.3 Å². The van der Waals surface area contributed by atoms with Crippen LogP contribution < -0.4 is 0 Å². The number of rotatable bonds is 1. The van der Waals surface area contributed by atoms with E-state index in [4.69, 9.17) is 0 Å². The van der Waals surface area contributed by atoms with Crippen LogP contribution in [0.5, 0.6) is 0 Å². The van der Waals surface area contributed by atoms with E-state index in [9.17, 15) is 0 Å². The molecule has 68 valence electrons. The van der Waals surface area contributed by atoms with Gasteiger partial charge in [0.15, 0.2) is 5.82 Å². The fraction of sp³-hybridized carbons (Fsp3) is 0. The van der Waals surface area contributed by atoms with Crippen molar-refractivity contribution >= 4 is 32.9 Å². The lowest BCUT2D eigenvalue weighted by Crippen LogP contribution is -1.95. The van der Waals surface area contributed by atoms with Crippen molar-refractivity contribution in [2.75, 3.05) is 0 Å². The number of hydrogen-bond acceptors (Lipinski definition) is 2. The Balaban J connectivity index is 0.000000845. The largest absolute Gasteiger partial charge is 0.237 e. The summed E-state index contributed by atoms with van der Waals surface area (Å²) in [5.41, 5.74) is 0. The maximum atomic E-state index is 4.14. The van der Waals surface area contributed by atoms with Crippen molar-refractivity contribution in [1.82, 2.24) is 14.8 Å². The summed E-state index contributed by atoms with van der Waals surface area (Å²) in [4.78, 5) is 4.14. The van der Waals surface area contributed by atoms with Crippen LogP contribution in [-0.4, -0.2) is 14.8 Å². The third-order valence-corrected chi connectivity index (χ3v) is 1.84. The van der Waals surface area contributed by atoms with Gasteiger partial charge in [0.25, 0.3) is 0 Å². The monoisotopic (exact) mass is 303 g/mol. The van der Waals surface area contributed by atoms with E-state index in [-0.39, 0.29) is 17.0 Å². The van der Waals surface area contributed by atoms with Gasteiger partial charge < -0.3 is 0 Å². The smallest absolute Gasteiger partial charge is 0.153 e. The van der Waals surface area contributed by atoms with Crippen LogP contribution in [-0.2, 0) is 0 Å². The highest BCUT2D eigenvalue weighted by atomic mass is 79.9. The van der Waals surface area contributed by atoms with E-state index in [2.05, 4.69) is 26.0 Å². The second kappa shape index (κ2) is 4.53. The van der Waals surface area contributed by atoms with Gasteiger partial charge in [0.2, 0.25) is 0 Å². The Bertz CT molecular complexity index is 372. The van der Waals surface area contributed by atoms with Gasteiger partial charge in [-0.05, 0) is 28.1 Å². The van der Waals surface area contributed by atoms with Crippen LogP contribution in [0, 0.1) is 0 Å². The maximum Gasteiger partial charge on any atom is 0.153 e. The van der Waals surface area contributed by atoms with Gasteiger partial charge in [0.1, 0.15) is 0 Å². The van der Waals surface area contributed by atoms with Crippen LogP contribution in [0.2, 0.25) is 0 Å². The van der Waals surface area contributed by atoms with E-state index < -0.39 is 0 Å². The minimum atomic E-state index is 0. The summed E-state index contributed by atoms with van der Waals surface area (Å²) < 4.78 is 2.66.